The molecule has 6 nitrogen and oxygen atoms in total. The average Bonchev–Trinajstić information content (AvgIpc) is 3.27. The summed E-state index contributed by atoms with van der Waals surface area (Å²) in [5.74, 6) is -1.47. The van der Waals surface area contributed by atoms with Gasteiger partial charge in [0.25, 0.3) is 5.91 Å². The van der Waals surface area contributed by atoms with Gasteiger partial charge in [-0.2, -0.15) is 0 Å². The van der Waals surface area contributed by atoms with Crippen LogP contribution in [0.15, 0.2) is 48.5 Å². The molecule has 29 heavy (non-hydrogen) atoms. The number of rotatable bonds is 7. The highest BCUT2D eigenvalue weighted by molar-refractivity contribution is 6.04. The molecular weight excluding hydrogens is 368 g/mol. The highest BCUT2D eigenvalue weighted by atomic mass is 16.4. The average molecular weight is 394 g/mol. The molecule has 152 valence electrons. The van der Waals surface area contributed by atoms with Crippen LogP contribution in [0, 0.1) is 5.92 Å². The Balaban J connectivity index is 1.53. The Morgan fingerprint density at radius 3 is 2.21 bits per heavy atom. The van der Waals surface area contributed by atoms with Crippen molar-refractivity contribution in [3.05, 3.63) is 65.2 Å². The minimum absolute atomic E-state index is 0.116. The number of carboxylic acid groups (broad SMARTS) is 1. The Kier molecular flexibility index (Phi) is 6.65. The SMILES string of the molecule is CC(C(=O)O)c1ccc(NC(=O)c2ccc(CNC(=O)C3CCCC3)cc2)cc1. The molecule has 1 aliphatic carbocycles. The van der Waals surface area contributed by atoms with Gasteiger partial charge in [-0.1, -0.05) is 37.1 Å². The Bertz CT molecular complexity index is 869. The first-order chi connectivity index (χ1) is 13.9. The first-order valence-electron chi connectivity index (χ1n) is 9.95. The van der Waals surface area contributed by atoms with E-state index in [1.165, 1.54) is 0 Å². The van der Waals surface area contributed by atoms with E-state index in [0.29, 0.717) is 23.4 Å². The van der Waals surface area contributed by atoms with Crippen LogP contribution in [-0.2, 0) is 16.1 Å². The van der Waals surface area contributed by atoms with E-state index in [1.807, 2.05) is 12.1 Å². The Labute approximate surface area is 170 Å². The fourth-order valence-corrected chi connectivity index (χ4v) is 3.50. The third kappa shape index (κ3) is 5.44. The summed E-state index contributed by atoms with van der Waals surface area (Å²) in [7, 11) is 0. The number of benzene rings is 2. The van der Waals surface area contributed by atoms with Crippen LogP contribution in [0.5, 0.6) is 0 Å². The number of amides is 2. The van der Waals surface area contributed by atoms with Crippen LogP contribution in [0.1, 0.15) is 60.0 Å². The molecule has 3 rings (SSSR count). The molecule has 1 fully saturated rings. The number of aliphatic carboxylic acids is 1. The summed E-state index contributed by atoms with van der Waals surface area (Å²) >= 11 is 0. The molecule has 1 unspecified atom stereocenters. The molecule has 0 heterocycles. The Morgan fingerprint density at radius 2 is 1.62 bits per heavy atom. The van der Waals surface area contributed by atoms with Crippen molar-refractivity contribution in [3.8, 4) is 0 Å². The summed E-state index contributed by atoms with van der Waals surface area (Å²) in [6.07, 6.45) is 4.20. The molecule has 0 bridgehead atoms. The van der Waals surface area contributed by atoms with Crippen LogP contribution < -0.4 is 10.6 Å². The number of nitrogens with one attached hydrogen (secondary N) is 2. The first kappa shape index (κ1) is 20.6. The van der Waals surface area contributed by atoms with E-state index in [2.05, 4.69) is 10.6 Å². The van der Waals surface area contributed by atoms with Gasteiger partial charge in [0.15, 0.2) is 0 Å². The highest BCUT2D eigenvalue weighted by Crippen LogP contribution is 2.24. The number of carboxylic acids is 1. The van der Waals surface area contributed by atoms with Gasteiger partial charge in [-0.25, -0.2) is 0 Å². The van der Waals surface area contributed by atoms with Gasteiger partial charge in [0.05, 0.1) is 5.92 Å². The lowest BCUT2D eigenvalue weighted by Gasteiger charge is -2.11. The largest absolute Gasteiger partial charge is 0.481 e. The number of anilines is 1. The molecule has 0 spiro atoms. The highest BCUT2D eigenvalue weighted by Gasteiger charge is 2.22. The van der Waals surface area contributed by atoms with Crippen molar-refractivity contribution in [1.29, 1.82) is 0 Å². The fraction of sp³-hybridized carbons (Fsp3) is 0.348. The van der Waals surface area contributed by atoms with E-state index < -0.39 is 11.9 Å². The van der Waals surface area contributed by atoms with Gasteiger partial charge in [-0.05, 0) is 55.2 Å². The molecule has 2 amide bonds. The van der Waals surface area contributed by atoms with Gasteiger partial charge in [0, 0.05) is 23.7 Å². The molecule has 1 aliphatic rings. The summed E-state index contributed by atoms with van der Waals surface area (Å²) in [5.41, 5.74) is 2.74. The van der Waals surface area contributed by atoms with Crippen molar-refractivity contribution < 1.29 is 19.5 Å². The maximum atomic E-state index is 12.4. The third-order valence-corrected chi connectivity index (χ3v) is 5.45. The van der Waals surface area contributed by atoms with Crippen LogP contribution in [0.25, 0.3) is 0 Å². The molecule has 2 aromatic rings. The van der Waals surface area contributed by atoms with E-state index in [1.54, 1.807) is 43.3 Å². The topological polar surface area (TPSA) is 95.5 Å². The second kappa shape index (κ2) is 9.37. The van der Waals surface area contributed by atoms with Crippen LogP contribution in [-0.4, -0.2) is 22.9 Å². The fourth-order valence-electron chi connectivity index (χ4n) is 3.50. The van der Waals surface area contributed by atoms with Crippen molar-refractivity contribution >= 4 is 23.5 Å². The van der Waals surface area contributed by atoms with Gasteiger partial charge in [-0.15, -0.1) is 0 Å². The molecule has 1 saturated carbocycles. The number of hydrogen-bond acceptors (Lipinski definition) is 3. The molecule has 6 heteroatoms. The zero-order chi connectivity index (χ0) is 20.8. The number of hydrogen-bond donors (Lipinski definition) is 3. The Hall–Kier alpha value is -3.15. The summed E-state index contributed by atoms with van der Waals surface area (Å²) in [6.45, 7) is 2.08. The minimum atomic E-state index is -0.888. The van der Waals surface area contributed by atoms with Crippen molar-refractivity contribution in [3.63, 3.8) is 0 Å². The van der Waals surface area contributed by atoms with Gasteiger partial charge in [0.2, 0.25) is 5.91 Å². The van der Waals surface area contributed by atoms with E-state index >= 15 is 0 Å². The predicted molar refractivity (Wildman–Crippen MR) is 111 cm³/mol. The smallest absolute Gasteiger partial charge is 0.310 e. The molecule has 1 atom stereocenters. The summed E-state index contributed by atoms with van der Waals surface area (Å²) in [4.78, 5) is 35.5. The predicted octanol–water partition coefficient (Wildman–Crippen LogP) is 3.93. The van der Waals surface area contributed by atoms with Crippen LogP contribution in [0.2, 0.25) is 0 Å². The Morgan fingerprint density at radius 1 is 1.00 bits per heavy atom. The standard InChI is InChI=1S/C23H26N2O4/c1-15(23(28)29)17-10-12-20(13-11-17)25-22(27)19-8-6-16(7-9-19)14-24-21(26)18-4-2-3-5-18/h6-13,15,18H,2-5,14H2,1H3,(H,24,26)(H,25,27)(H,28,29). The molecular formula is C23H26N2O4. The first-order valence-corrected chi connectivity index (χ1v) is 9.95. The molecule has 0 saturated heterocycles. The number of carbonyl (C=O) groups is 3. The molecule has 0 aromatic heterocycles. The van der Waals surface area contributed by atoms with Gasteiger partial charge >= 0.3 is 5.97 Å². The van der Waals surface area contributed by atoms with Crippen molar-refractivity contribution in [2.45, 2.75) is 45.1 Å². The maximum Gasteiger partial charge on any atom is 0.310 e. The molecule has 3 N–H and O–H groups in total. The van der Waals surface area contributed by atoms with Gasteiger partial charge in [-0.3, -0.25) is 14.4 Å². The molecule has 0 radical (unpaired) electrons. The zero-order valence-corrected chi connectivity index (χ0v) is 16.5. The molecule has 2 aromatic carbocycles. The maximum absolute atomic E-state index is 12.4. The zero-order valence-electron chi connectivity index (χ0n) is 16.5. The number of carbonyl (C=O) groups excluding carboxylic acids is 2. The van der Waals surface area contributed by atoms with Crippen molar-refractivity contribution in [2.75, 3.05) is 5.32 Å². The van der Waals surface area contributed by atoms with E-state index in [-0.39, 0.29) is 17.7 Å². The minimum Gasteiger partial charge on any atom is -0.481 e. The van der Waals surface area contributed by atoms with E-state index in [4.69, 9.17) is 5.11 Å². The van der Waals surface area contributed by atoms with E-state index in [9.17, 15) is 14.4 Å². The second-order valence-corrected chi connectivity index (χ2v) is 7.53. The third-order valence-electron chi connectivity index (χ3n) is 5.45. The van der Waals surface area contributed by atoms with Crippen molar-refractivity contribution in [1.82, 2.24) is 5.32 Å². The molecule has 0 aliphatic heterocycles. The lowest BCUT2D eigenvalue weighted by atomic mass is 10.0. The van der Waals surface area contributed by atoms with E-state index in [0.717, 1.165) is 31.2 Å². The monoisotopic (exact) mass is 394 g/mol. The summed E-state index contributed by atoms with van der Waals surface area (Å²) < 4.78 is 0. The van der Waals surface area contributed by atoms with Crippen LogP contribution in [0.3, 0.4) is 0 Å². The lowest BCUT2D eigenvalue weighted by Crippen LogP contribution is -2.28. The summed E-state index contributed by atoms with van der Waals surface area (Å²) in [5, 5.41) is 14.8. The van der Waals surface area contributed by atoms with Gasteiger partial charge < -0.3 is 15.7 Å². The normalized spacial score (nSPS) is 14.9. The lowest BCUT2D eigenvalue weighted by molar-refractivity contribution is -0.138. The second-order valence-electron chi connectivity index (χ2n) is 7.53. The van der Waals surface area contributed by atoms with Crippen LogP contribution in [0.4, 0.5) is 5.69 Å². The van der Waals surface area contributed by atoms with Crippen LogP contribution >= 0.6 is 0 Å². The quantitative estimate of drug-likeness (QED) is 0.663. The summed E-state index contributed by atoms with van der Waals surface area (Å²) in [6, 6.07) is 13.9. The van der Waals surface area contributed by atoms with Gasteiger partial charge in [0.1, 0.15) is 0 Å². The van der Waals surface area contributed by atoms with Crippen molar-refractivity contribution in [2.24, 2.45) is 5.92 Å².